The Morgan fingerprint density at radius 3 is 2.64 bits per heavy atom. The molecule has 1 atom stereocenters. The molecule has 0 spiro atoms. The first-order valence-corrected chi connectivity index (χ1v) is 14.6. The third-order valence-corrected chi connectivity index (χ3v) is 7.32. The normalized spacial score (nSPS) is 16.2. The highest BCUT2D eigenvalue weighted by atomic mass is 16.5. The van der Waals surface area contributed by atoms with Crippen molar-refractivity contribution >= 4 is 35.0 Å². The molecule has 1 saturated heterocycles. The van der Waals surface area contributed by atoms with Crippen LogP contribution in [0.5, 0.6) is 0 Å². The van der Waals surface area contributed by atoms with E-state index < -0.39 is 11.9 Å². The van der Waals surface area contributed by atoms with Crippen LogP contribution in [0.1, 0.15) is 35.2 Å². The van der Waals surface area contributed by atoms with Crippen LogP contribution in [-0.4, -0.2) is 89.1 Å². The van der Waals surface area contributed by atoms with Crippen LogP contribution >= 0.6 is 0 Å². The molecule has 0 bridgehead atoms. The fourth-order valence-electron chi connectivity index (χ4n) is 5.03. The summed E-state index contributed by atoms with van der Waals surface area (Å²) in [4.78, 5) is 50.3. The molecule has 1 unspecified atom stereocenters. The maximum atomic E-state index is 12.8. The van der Waals surface area contributed by atoms with Gasteiger partial charge in [-0.1, -0.05) is 17.3 Å². The highest BCUT2D eigenvalue weighted by molar-refractivity contribution is 6.05. The van der Waals surface area contributed by atoms with Crippen LogP contribution in [0.2, 0.25) is 0 Å². The van der Waals surface area contributed by atoms with E-state index in [0.29, 0.717) is 62.9 Å². The number of nitrogens with two attached hydrogens (primary N) is 1. The summed E-state index contributed by atoms with van der Waals surface area (Å²) in [7, 11) is 0. The highest BCUT2D eigenvalue weighted by Crippen LogP contribution is 2.29. The second-order valence-electron chi connectivity index (χ2n) is 10.6. The fraction of sp³-hybridized carbons (Fsp3) is 0.400. The highest BCUT2D eigenvalue weighted by Gasteiger charge is 2.39. The Labute approximate surface area is 254 Å². The Morgan fingerprint density at radius 1 is 1.05 bits per heavy atom. The Bertz CT molecular complexity index is 1490. The van der Waals surface area contributed by atoms with E-state index in [1.165, 1.54) is 4.90 Å². The fourth-order valence-corrected chi connectivity index (χ4v) is 5.03. The lowest BCUT2D eigenvalue weighted by Crippen LogP contribution is -2.52. The van der Waals surface area contributed by atoms with E-state index in [1.807, 2.05) is 30.5 Å². The largest absolute Gasteiger partial charge is 0.399 e. The smallest absolute Gasteiger partial charge is 0.255 e. The molecule has 3 aromatic rings. The molecule has 1 aromatic heterocycles. The molecule has 2 aliphatic heterocycles. The van der Waals surface area contributed by atoms with Gasteiger partial charge in [-0.05, 0) is 55.3 Å². The number of fused-ring (bicyclic) bond motifs is 1. The van der Waals surface area contributed by atoms with E-state index in [9.17, 15) is 19.2 Å². The van der Waals surface area contributed by atoms with Gasteiger partial charge in [0.05, 0.1) is 39.1 Å². The third kappa shape index (κ3) is 8.03. The van der Waals surface area contributed by atoms with E-state index in [1.54, 1.807) is 22.9 Å². The topological polar surface area (TPSA) is 183 Å². The predicted molar refractivity (Wildman–Crippen MR) is 160 cm³/mol. The average Bonchev–Trinajstić information content (AvgIpc) is 3.60. The number of rotatable bonds is 15. The van der Waals surface area contributed by atoms with Gasteiger partial charge in [0, 0.05) is 42.1 Å². The quantitative estimate of drug-likeness (QED) is 0.111. The Morgan fingerprint density at radius 2 is 1.84 bits per heavy atom. The molecule has 14 nitrogen and oxygen atoms in total. The van der Waals surface area contributed by atoms with Crippen molar-refractivity contribution in [2.45, 2.75) is 38.4 Å². The number of benzene rings is 2. The van der Waals surface area contributed by atoms with Crippen LogP contribution in [0.15, 0.2) is 48.7 Å². The number of ether oxygens (including phenoxy) is 2. The van der Waals surface area contributed by atoms with Crippen molar-refractivity contribution in [2.75, 3.05) is 50.6 Å². The number of hydrogen-bond acceptors (Lipinski definition) is 10. The number of imide groups is 1. The molecule has 5 N–H and O–H groups in total. The van der Waals surface area contributed by atoms with Crippen molar-refractivity contribution in [1.29, 1.82) is 0 Å². The number of nitrogens with zero attached hydrogens (tertiary/aromatic N) is 4. The molecular weight excluding hydrogens is 568 g/mol. The lowest BCUT2D eigenvalue weighted by atomic mass is 10.0. The lowest BCUT2D eigenvalue weighted by molar-refractivity contribution is -0.137. The van der Waals surface area contributed by atoms with Gasteiger partial charge in [0.15, 0.2) is 0 Å². The van der Waals surface area contributed by atoms with E-state index in [-0.39, 0.29) is 37.2 Å². The second kappa shape index (κ2) is 14.7. The maximum Gasteiger partial charge on any atom is 0.255 e. The summed E-state index contributed by atoms with van der Waals surface area (Å²) >= 11 is 0. The molecule has 232 valence electrons. The minimum absolute atomic E-state index is 0.129. The lowest BCUT2D eigenvalue weighted by Gasteiger charge is -2.29. The number of carbonyl (C=O) groups excluding carboxylic acids is 4. The zero-order valence-electron chi connectivity index (χ0n) is 24.3. The first kappa shape index (κ1) is 30.8. The zero-order chi connectivity index (χ0) is 30.9. The summed E-state index contributed by atoms with van der Waals surface area (Å²) in [6.45, 7) is 3.53. The van der Waals surface area contributed by atoms with Crippen molar-refractivity contribution in [3.63, 3.8) is 0 Å². The first-order chi connectivity index (χ1) is 21.4. The number of piperidine rings is 1. The van der Waals surface area contributed by atoms with Gasteiger partial charge in [-0.2, -0.15) is 0 Å². The standard InChI is InChI=1S/C30H36N8O6/c31-22-4-2-20(3-5-22)25-19-37(36-35-25)11-13-44-15-14-43-12-1-10-32-17-28(40)33-23-6-7-24-21(16-23)18-38(30(24)42)26-8-9-27(39)34-29(26)41/h2-7,16,19,26,32H,1,8-15,17-18,31H2,(H,33,40)(H,34,39,41). The molecule has 2 aliphatic rings. The van der Waals surface area contributed by atoms with E-state index >= 15 is 0 Å². The summed E-state index contributed by atoms with van der Waals surface area (Å²) in [6.07, 6.45) is 3.10. The van der Waals surface area contributed by atoms with Crippen LogP contribution in [0.4, 0.5) is 11.4 Å². The molecule has 1 fully saturated rings. The maximum absolute atomic E-state index is 12.8. The third-order valence-electron chi connectivity index (χ3n) is 7.32. The van der Waals surface area contributed by atoms with Gasteiger partial charge in [-0.3, -0.25) is 24.5 Å². The van der Waals surface area contributed by atoms with Crippen molar-refractivity contribution in [1.82, 2.24) is 30.5 Å². The van der Waals surface area contributed by atoms with Crippen molar-refractivity contribution in [2.24, 2.45) is 0 Å². The van der Waals surface area contributed by atoms with Gasteiger partial charge in [0.1, 0.15) is 11.7 Å². The first-order valence-electron chi connectivity index (χ1n) is 14.6. The minimum atomic E-state index is -0.674. The van der Waals surface area contributed by atoms with Crippen molar-refractivity contribution in [3.05, 3.63) is 59.8 Å². The molecule has 0 aliphatic carbocycles. The van der Waals surface area contributed by atoms with Gasteiger partial charge in [-0.15, -0.1) is 5.10 Å². The Balaban J connectivity index is 0.899. The number of nitrogen functional groups attached to an aromatic ring is 1. The molecule has 3 heterocycles. The van der Waals surface area contributed by atoms with Crippen LogP contribution < -0.4 is 21.7 Å². The molecule has 14 heteroatoms. The van der Waals surface area contributed by atoms with Crippen LogP contribution in [0, 0.1) is 0 Å². The molecule has 4 amide bonds. The molecule has 2 aromatic carbocycles. The van der Waals surface area contributed by atoms with Crippen molar-refractivity contribution < 1.29 is 28.7 Å². The van der Waals surface area contributed by atoms with Gasteiger partial charge < -0.3 is 30.7 Å². The summed E-state index contributed by atoms with van der Waals surface area (Å²) in [6, 6.07) is 11.9. The Hall–Kier alpha value is -4.66. The van der Waals surface area contributed by atoms with Crippen LogP contribution in [0.25, 0.3) is 11.3 Å². The molecular formula is C30H36N8O6. The molecule has 5 rings (SSSR count). The molecule has 0 saturated carbocycles. The van der Waals surface area contributed by atoms with Gasteiger partial charge >= 0.3 is 0 Å². The van der Waals surface area contributed by atoms with Crippen LogP contribution in [-0.2, 0) is 36.9 Å². The van der Waals surface area contributed by atoms with E-state index in [4.69, 9.17) is 15.2 Å². The van der Waals surface area contributed by atoms with Crippen molar-refractivity contribution in [3.8, 4) is 11.3 Å². The molecule has 0 radical (unpaired) electrons. The number of nitrogens with one attached hydrogen (secondary N) is 3. The minimum Gasteiger partial charge on any atom is -0.399 e. The van der Waals surface area contributed by atoms with Crippen LogP contribution in [0.3, 0.4) is 0 Å². The van der Waals surface area contributed by atoms with E-state index in [0.717, 1.165) is 23.2 Å². The Kier molecular flexibility index (Phi) is 10.3. The summed E-state index contributed by atoms with van der Waals surface area (Å²) in [5.74, 6) is -1.24. The number of aromatic nitrogens is 3. The molecule has 44 heavy (non-hydrogen) atoms. The summed E-state index contributed by atoms with van der Waals surface area (Å²) < 4.78 is 12.9. The van der Waals surface area contributed by atoms with E-state index in [2.05, 4.69) is 26.3 Å². The van der Waals surface area contributed by atoms with Gasteiger partial charge in [-0.25, -0.2) is 4.68 Å². The number of hydrogen-bond donors (Lipinski definition) is 4. The SMILES string of the molecule is Nc1ccc(-c2cn(CCOCCOCCCNCC(=O)Nc3ccc4c(c3)CN(C3CCC(=O)NC3=O)C4=O)nn2)cc1. The zero-order valence-corrected chi connectivity index (χ0v) is 24.3. The number of carbonyl (C=O) groups is 4. The monoisotopic (exact) mass is 604 g/mol. The van der Waals surface area contributed by atoms with Gasteiger partial charge in [0.25, 0.3) is 5.91 Å². The average molecular weight is 605 g/mol. The predicted octanol–water partition coefficient (Wildman–Crippen LogP) is 0.940. The number of amides is 4. The number of anilines is 2. The van der Waals surface area contributed by atoms with Gasteiger partial charge in [0.2, 0.25) is 17.7 Å². The summed E-state index contributed by atoms with van der Waals surface area (Å²) in [5.41, 5.74) is 9.95. The summed E-state index contributed by atoms with van der Waals surface area (Å²) in [5, 5.41) is 16.5. The second-order valence-corrected chi connectivity index (χ2v) is 10.6.